The van der Waals surface area contributed by atoms with E-state index >= 15 is 0 Å². The molecule has 12 heteroatoms. The first kappa shape index (κ1) is 27.3. The molecule has 0 spiro atoms. The minimum absolute atomic E-state index is 0.0964. The normalized spacial score (nSPS) is 12.5. The molecule has 0 bridgehead atoms. The van der Waals surface area contributed by atoms with Crippen LogP contribution in [0.4, 0.5) is 10.5 Å². The largest absolute Gasteiger partial charge is 0.480 e. The van der Waals surface area contributed by atoms with Crippen LogP contribution in [0.3, 0.4) is 0 Å². The SMILES string of the molecule is CSc1ccc(N=NC(=O)N[C@@H](Cc2ccccc2)C(=O)N[C@@H](CCCN=C(N)N)C(=O)O)cc1. The van der Waals surface area contributed by atoms with Gasteiger partial charge in [0.2, 0.25) is 5.91 Å². The Morgan fingerprint density at radius 3 is 2.29 bits per heavy atom. The molecule has 0 saturated heterocycles. The maximum atomic E-state index is 13.0. The number of nitrogens with zero attached hydrogens (tertiary/aromatic N) is 3. The molecule has 0 saturated carbocycles. The number of carbonyl (C=O) groups is 3. The van der Waals surface area contributed by atoms with Crippen molar-refractivity contribution in [2.45, 2.75) is 36.2 Å². The Labute approximate surface area is 207 Å². The Kier molecular flexibility index (Phi) is 11.2. The quantitative estimate of drug-likeness (QED) is 0.0975. The van der Waals surface area contributed by atoms with Crippen molar-refractivity contribution in [2.24, 2.45) is 26.7 Å². The van der Waals surface area contributed by atoms with E-state index in [1.807, 2.05) is 24.5 Å². The molecule has 2 aromatic carbocycles. The lowest BCUT2D eigenvalue weighted by Crippen LogP contribution is -2.52. The minimum atomic E-state index is -1.21. The number of rotatable bonds is 12. The number of hydrogen-bond acceptors (Lipinski definition) is 6. The number of benzene rings is 2. The molecule has 35 heavy (non-hydrogen) atoms. The number of azo groups is 1. The van der Waals surface area contributed by atoms with Crippen LogP contribution in [0.1, 0.15) is 18.4 Å². The van der Waals surface area contributed by atoms with Gasteiger partial charge < -0.3 is 27.2 Å². The fourth-order valence-corrected chi connectivity index (χ4v) is 3.43. The average Bonchev–Trinajstić information content (AvgIpc) is 2.84. The molecule has 0 aliphatic carbocycles. The van der Waals surface area contributed by atoms with Gasteiger partial charge in [0.25, 0.3) is 0 Å². The number of aliphatic carboxylic acids is 1. The number of thioether (sulfide) groups is 1. The fraction of sp³-hybridized carbons (Fsp3) is 0.304. The van der Waals surface area contributed by atoms with Crippen LogP contribution >= 0.6 is 11.8 Å². The molecule has 0 aromatic heterocycles. The molecule has 0 fully saturated rings. The van der Waals surface area contributed by atoms with E-state index in [1.54, 1.807) is 48.2 Å². The highest BCUT2D eigenvalue weighted by Crippen LogP contribution is 2.19. The maximum Gasteiger partial charge on any atom is 0.360 e. The summed E-state index contributed by atoms with van der Waals surface area (Å²) in [6.07, 6.45) is 2.53. The number of nitrogens with one attached hydrogen (secondary N) is 2. The van der Waals surface area contributed by atoms with Crippen LogP contribution in [-0.4, -0.2) is 53.9 Å². The molecule has 7 N–H and O–H groups in total. The number of nitrogens with two attached hydrogens (primary N) is 2. The van der Waals surface area contributed by atoms with E-state index in [-0.39, 0.29) is 25.3 Å². The molecule has 2 atom stereocenters. The summed E-state index contributed by atoms with van der Waals surface area (Å²) >= 11 is 1.57. The summed E-state index contributed by atoms with van der Waals surface area (Å²) in [5.74, 6) is -1.96. The fourth-order valence-electron chi connectivity index (χ4n) is 3.02. The summed E-state index contributed by atoms with van der Waals surface area (Å²) in [4.78, 5) is 41.9. The lowest BCUT2D eigenvalue weighted by molar-refractivity contribution is -0.142. The van der Waals surface area contributed by atoms with Crippen LogP contribution in [0.5, 0.6) is 0 Å². The van der Waals surface area contributed by atoms with Crippen molar-refractivity contribution in [3.05, 3.63) is 60.2 Å². The van der Waals surface area contributed by atoms with Gasteiger partial charge >= 0.3 is 12.0 Å². The van der Waals surface area contributed by atoms with Gasteiger partial charge in [-0.15, -0.1) is 16.9 Å². The zero-order valence-corrected chi connectivity index (χ0v) is 20.1. The van der Waals surface area contributed by atoms with E-state index < -0.39 is 30.0 Å². The minimum Gasteiger partial charge on any atom is -0.480 e. The third kappa shape index (κ3) is 10.3. The van der Waals surface area contributed by atoms with Crippen LogP contribution in [0.25, 0.3) is 0 Å². The molecular weight excluding hydrogens is 470 g/mol. The van der Waals surface area contributed by atoms with Gasteiger partial charge in [0.05, 0.1) is 5.69 Å². The zero-order valence-electron chi connectivity index (χ0n) is 19.3. The molecular formula is C23H29N7O4S. The van der Waals surface area contributed by atoms with Crippen molar-refractivity contribution >= 4 is 41.3 Å². The summed E-state index contributed by atoms with van der Waals surface area (Å²) in [6, 6.07) is 13.1. The standard InChI is InChI=1S/C23H29N7O4S/c1-35-17-11-9-16(10-12-17)29-30-23(34)28-19(14-15-6-3-2-4-7-15)20(31)27-18(21(32)33)8-5-13-26-22(24)25/h2-4,6-7,9-12,18-19H,5,8,13-14H2,1H3,(H,27,31)(H,28,34)(H,32,33)(H4,24,25,26)/t18-,19-/m0/s1. The average molecular weight is 500 g/mol. The van der Waals surface area contributed by atoms with Crippen molar-refractivity contribution in [2.75, 3.05) is 12.8 Å². The molecule has 2 aromatic rings. The van der Waals surface area contributed by atoms with Crippen molar-refractivity contribution in [3.8, 4) is 0 Å². The van der Waals surface area contributed by atoms with Crippen LogP contribution in [0.2, 0.25) is 0 Å². The third-order valence-corrected chi connectivity index (χ3v) is 5.53. The highest BCUT2D eigenvalue weighted by atomic mass is 32.2. The first-order valence-corrected chi connectivity index (χ1v) is 12.0. The van der Waals surface area contributed by atoms with Gasteiger partial charge in [-0.3, -0.25) is 9.79 Å². The number of carboxylic acid groups (broad SMARTS) is 1. The second kappa shape index (κ2) is 14.4. The predicted octanol–water partition coefficient (Wildman–Crippen LogP) is 2.44. The van der Waals surface area contributed by atoms with Crippen molar-refractivity contribution in [1.29, 1.82) is 0 Å². The van der Waals surface area contributed by atoms with E-state index in [2.05, 4.69) is 25.9 Å². The first-order valence-electron chi connectivity index (χ1n) is 10.8. The smallest absolute Gasteiger partial charge is 0.360 e. The molecule has 0 aliphatic heterocycles. The highest BCUT2D eigenvalue weighted by molar-refractivity contribution is 7.98. The second-order valence-electron chi connectivity index (χ2n) is 7.44. The van der Waals surface area contributed by atoms with E-state index in [0.29, 0.717) is 12.1 Å². The van der Waals surface area contributed by atoms with Crippen LogP contribution in [0, 0.1) is 0 Å². The number of amides is 3. The Hall–Kier alpha value is -3.93. The molecule has 0 aliphatic rings. The summed E-state index contributed by atoms with van der Waals surface area (Å²) in [7, 11) is 0. The molecule has 11 nitrogen and oxygen atoms in total. The number of carbonyl (C=O) groups excluding carboxylic acids is 2. The van der Waals surface area contributed by atoms with Gasteiger partial charge in [-0.1, -0.05) is 35.4 Å². The Morgan fingerprint density at radius 1 is 1.00 bits per heavy atom. The topological polar surface area (TPSA) is 185 Å². The van der Waals surface area contributed by atoms with Gasteiger partial charge in [0.15, 0.2) is 5.96 Å². The molecule has 3 amide bonds. The van der Waals surface area contributed by atoms with Crippen LogP contribution in [-0.2, 0) is 16.0 Å². The molecule has 0 heterocycles. The van der Waals surface area contributed by atoms with Gasteiger partial charge in [0, 0.05) is 17.9 Å². The molecule has 186 valence electrons. The Bertz CT molecular complexity index is 1040. The van der Waals surface area contributed by atoms with E-state index in [0.717, 1.165) is 10.5 Å². The summed E-state index contributed by atoms with van der Waals surface area (Å²) in [5, 5.41) is 22.0. The van der Waals surface area contributed by atoms with Gasteiger partial charge in [-0.25, -0.2) is 9.59 Å². The lowest BCUT2D eigenvalue weighted by Gasteiger charge is -2.20. The number of aliphatic imine (C=N–C) groups is 1. The summed E-state index contributed by atoms with van der Waals surface area (Å²) in [5.41, 5.74) is 11.8. The van der Waals surface area contributed by atoms with Crippen LogP contribution < -0.4 is 22.1 Å². The van der Waals surface area contributed by atoms with Gasteiger partial charge in [-0.05, 0) is 48.9 Å². The molecule has 2 rings (SSSR count). The zero-order chi connectivity index (χ0) is 25.6. The summed E-state index contributed by atoms with van der Waals surface area (Å²) < 4.78 is 0. The van der Waals surface area contributed by atoms with Gasteiger partial charge in [-0.2, -0.15) is 0 Å². The first-order chi connectivity index (χ1) is 16.8. The number of urea groups is 1. The van der Waals surface area contributed by atoms with Crippen molar-refractivity contribution < 1.29 is 19.5 Å². The Balaban J connectivity index is 2.08. The number of carboxylic acids is 1. The monoisotopic (exact) mass is 499 g/mol. The summed E-state index contributed by atoms with van der Waals surface area (Å²) in [6.45, 7) is 0.227. The maximum absolute atomic E-state index is 13.0. The third-order valence-electron chi connectivity index (χ3n) is 4.79. The van der Waals surface area contributed by atoms with E-state index in [4.69, 9.17) is 11.5 Å². The molecule has 0 radical (unpaired) electrons. The van der Waals surface area contributed by atoms with Gasteiger partial charge in [0.1, 0.15) is 12.1 Å². The van der Waals surface area contributed by atoms with E-state index in [9.17, 15) is 19.5 Å². The second-order valence-corrected chi connectivity index (χ2v) is 8.32. The number of guanidine groups is 1. The van der Waals surface area contributed by atoms with E-state index in [1.165, 1.54) is 0 Å². The Morgan fingerprint density at radius 2 is 1.69 bits per heavy atom. The van der Waals surface area contributed by atoms with Crippen molar-refractivity contribution in [1.82, 2.24) is 10.6 Å². The van der Waals surface area contributed by atoms with Crippen molar-refractivity contribution in [3.63, 3.8) is 0 Å². The van der Waals surface area contributed by atoms with Crippen LogP contribution in [0.15, 0.2) is 74.7 Å². The highest BCUT2D eigenvalue weighted by Gasteiger charge is 2.26. The number of hydrogen-bond donors (Lipinski definition) is 5. The lowest BCUT2D eigenvalue weighted by atomic mass is 10.0. The molecule has 0 unspecified atom stereocenters. The predicted molar refractivity (Wildman–Crippen MR) is 135 cm³/mol.